The lowest BCUT2D eigenvalue weighted by molar-refractivity contribution is -0.0440. The third kappa shape index (κ3) is 4.47. The number of nitrogens with one attached hydrogen (secondary N) is 1. The molecule has 180 valence electrons. The van der Waals surface area contributed by atoms with Crippen LogP contribution >= 0.6 is 0 Å². The van der Waals surface area contributed by atoms with E-state index < -0.39 is 10.0 Å². The minimum absolute atomic E-state index is 0.106. The van der Waals surface area contributed by atoms with Gasteiger partial charge in [-0.2, -0.15) is 4.31 Å². The lowest BCUT2D eigenvalue weighted by Gasteiger charge is -2.34. The molecule has 2 atom stereocenters. The van der Waals surface area contributed by atoms with Crippen molar-refractivity contribution >= 4 is 32.7 Å². The van der Waals surface area contributed by atoms with Crippen LogP contribution in [0.5, 0.6) is 0 Å². The number of imidazole rings is 1. The largest absolute Gasteiger partial charge is 0.373 e. The quantitative estimate of drug-likeness (QED) is 0.610. The molecule has 0 spiro atoms. The van der Waals surface area contributed by atoms with Gasteiger partial charge in [0.1, 0.15) is 5.82 Å². The fourth-order valence-electron chi connectivity index (χ4n) is 4.90. The number of fused-ring (bicyclic) bond motifs is 3. The van der Waals surface area contributed by atoms with Gasteiger partial charge in [0.2, 0.25) is 10.0 Å². The minimum Gasteiger partial charge on any atom is -0.373 e. The maximum Gasteiger partial charge on any atom is 0.255 e. The summed E-state index contributed by atoms with van der Waals surface area (Å²) in [5.74, 6) is 0.738. The molecular weight excluding hydrogens is 452 g/mol. The maximum atomic E-state index is 13.2. The highest BCUT2D eigenvalue weighted by atomic mass is 32.2. The monoisotopic (exact) mass is 482 g/mol. The van der Waals surface area contributed by atoms with E-state index in [0.717, 1.165) is 42.7 Å². The number of nitrogens with zero attached hydrogens (tertiary/aromatic N) is 3. The molecule has 0 unspecified atom stereocenters. The standard InChI is InChI=1S/C25H30N4O4S/c1-17-15-28(16-18(2)33-17)34(31,32)21-8-6-7-19(13-21)25(30)26-20-10-11-23-22(14-20)27-24-9-4-3-5-12-29(23)24/h6-8,10-11,13-14,17-18H,3-5,9,12,15-16H2,1-2H3,(H,26,30)/t17-,18-/m1/s1. The average Bonchev–Trinajstić information content (AvgIpc) is 2.98. The summed E-state index contributed by atoms with van der Waals surface area (Å²) in [6.45, 7) is 5.27. The Morgan fingerprint density at radius 1 is 1.06 bits per heavy atom. The Hall–Kier alpha value is -2.75. The van der Waals surface area contributed by atoms with Gasteiger partial charge in [0.15, 0.2) is 0 Å². The van der Waals surface area contributed by atoms with E-state index in [-0.39, 0.29) is 41.7 Å². The molecule has 1 amide bonds. The van der Waals surface area contributed by atoms with Crippen molar-refractivity contribution in [2.45, 2.75) is 63.2 Å². The average molecular weight is 483 g/mol. The number of carbonyl (C=O) groups is 1. The molecule has 0 radical (unpaired) electrons. The number of aryl methyl sites for hydroxylation is 2. The number of aromatic nitrogens is 2. The predicted octanol–water partition coefficient (Wildman–Crippen LogP) is 3.81. The van der Waals surface area contributed by atoms with Crippen molar-refractivity contribution in [1.82, 2.24) is 13.9 Å². The smallest absolute Gasteiger partial charge is 0.255 e. The summed E-state index contributed by atoms with van der Waals surface area (Å²) in [5, 5.41) is 2.90. The van der Waals surface area contributed by atoms with Crippen LogP contribution in [0.1, 0.15) is 49.3 Å². The Bertz CT molecular complexity index is 1320. The molecule has 1 N–H and O–H groups in total. The molecule has 3 aromatic rings. The number of amides is 1. The molecule has 1 aromatic heterocycles. The molecule has 0 aliphatic carbocycles. The lowest BCUT2D eigenvalue weighted by atomic mass is 10.2. The zero-order valence-electron chi connectivity index (χ0n) is 19.5. The minimum atomic E-state index is -3.73. The first kappa shape index (κ1) is 23.0. The molecule has 2 aliphatic heterocycles. The van der Waals surface area contributed by atoms with E-state index in [2.05, 4.69) is 9.88 Å². The number of sulfonamides is 1. The summed E-state index contributed by atoms with van der Waals surface area (Å²) in [6, 6.07) is 11.9. The molecular formula is C25H30N4O4S. The Kier molecular flexibility index (Phi) is 6.18. The van der Waals surface area contributed by atoms with Crippen LogP contribution in [0.15, 0.2) is 47.4 Å². The second-order valence-electron chi connectivity index (χ2n) is 9.26. The summed E-state index contributed by atoms with van der Waals surface area (Å²) < 4.78 is 35.8. The van der Waals surface area contributed by atoms with Crippen molar-refractivity contribution in [3.63, 3.8) is 0 Å². The molecule has 2 aromatic carbocycles. The lowest BCUT2D eigenvalue weighted by Crippen LogP contribution is -2.48. The Morgan fingerprint density at radius 2 is 1.85 bits per heavy atom. The molecule has 2 aliphatic rings. The zero-order valence-corrected chi connectivity index (χ0v) is 20.3. The SMILES string of the molecule is C[C@@H]1CN(S(=O)(=O)c2cccc(C(=O)Nc3ccc4c(c3)nc3n4CCCCC3)c2)C[C@@H](C)O1. The number of hydrogen-bond donors (Lipinski definition) is 1. The van der Waals surface area contributed by atoms with Crippen LogP contribution in [-0.4, -0.2) is 53.5 Å². The number of morpholine rings is 1. The number of benzene rings is 2. The summed E-state index contributed by atoms with van der Waals surface area (Å²) in [7, 11) is -3.73. The Balaban J connectivity index is 1.36. The highest BCUT2D eigenvalue weighted by Gasteiger charge is 2.32. The van der Waals surface area contributed by atoms with Crippen LogP contribution in [0, 0.1) is 0 Å². The molecule has 3 heterocycles. The number of hydrogen-bond acceptors (Lipinski definition) is 5. The van der Waals surface area contributed by atoms with Crippen molar-refractivity contribution in [2.24, 2.45) is 0 Å². The maximum absolute atomic E-state index is 13.2. The van der Waals surface area contributed by atoms with Crippen molar-refractivity contribution in [3.8, 4) is 0 Å². The molecule has 0 bridgehead atoms. The molecule has 1 fully saturated rings. The van der Waals surface area contributed by atoms with Gasteiger partial charge in [0, 0.05) is 37.3 Å². The molecule has 34 heavy (non-hydrogen) atoms. The second-order valence-corrected chi connectivity index (χ2v) is 11.2. The fourth-order valence-corrected chi connectivity index (χ4v) is 6.54. The van der Waals surface area contributed by atoms with E-state index in [1.54, 1.807) is 12.1 Å². The van der Waals surface area contributed by atoms with Gasteiger partial charge in [-0.15, -0.1) is 0 Å². The highest BCUT2D eigenvalue weighted by Crippen LogP contribution is 2.26. The van der Waals surface area contributed by atoms with E-state index in [1.165, 1.54) is 22.9 Å². The van der Waals surface area contributed by atoms with E-state index in [4.69, 9.17) is 9.72 Å². The van der Waals surface area contributed by atoms with Crippen molar-refractivity contribution in [3.05, 3.63) is 53.9 Å². The number of ether oxygens (including phenoxy) is 1. The van der Waals surface area contributed by atoms with E-state index in [9.17, 15) is 13.2 Å². The topological polar surface area (TPSA) is 93.5 Å². The van der Waals surface area contributed by atoms with Gasteiger partial charge < -0.3 is 14.6 Å². The second kappa shape index (κ2) is 9.13. The van der Waals surface area contributed by atoms with Crippen LogP contribution in [0.25, 0.3) is 11.0 Å². The summed E-state index contributed by atoms with van der Waals surface area (Å²) in [5.41, 5.74) is 2.87. The van der Waals surface area contributed by atoms with Crippen LogP contribution in [0.2, 0.25) is 0 Å². The molecule has 8 nitrogen and oxygen atoms in total. The first-order valence-electron chi connectivity index (χ1n) is 11.9. The van der Waals surface area contributed by atoms with Gasteiger partial charge in [-0.3, -0.25) is 4.79 Å². The zero-order chi connectivity index (χ0) is 23.9. The van der Waals surface area contributed by atoms with E-state index in [1.807, 2.05) is 32.0 Å². The molecule has 5 rings (SSSR count). The molecule has 9 heteroatoms. The summed E-state index contributed by atoms with van der Waals surface area (Å²) in [6.07, 6.45) is 4.12. The van der Waals surface area contributed by atoms with Crippen LogP contribution in [0.4, 0.5) is 5.69 Å². The normalized spacial score (nSPS) is 21.7. The number of anilines is 1. The van der Waals surface area contributed by atoms with Crippen LogP contribution in [-0.2, 0) is 27.7 Å². The van der Waals surface area contributed by atoms with Gasteiger partial charge >= 0.3 is 0 Å². The van der Waals surface area contributed by atoms with Crippen molar-refractivity contribution in [1.29, 1.82) is 0 Å². The summed E-state index contributed by atoms with van der Waals surface area (Å²) >= 11 is 0. The summed E-state index contributed by atoms with van der Waals surface area (Å²) in [4.78, 5) is 17.9. The fraction of sp³-hybridized carbons (Fsp3) is 0.440. The molecule has 0 saturated carbocycles. The van der Waals surface area contributed by atoms with Gasteiger partial charge in [-0.1, -0.05) is 12.5 Å². The van der Waals surface area contributed by atoms with E-state index in [0.29, 0.717) is 5.69 Å². The van der Waals surface area contributed by atoms with Gasteiger partial charge in [0.05, 0.1) is 28.1 Å². The van der Waals surface area contributed by atoms with Gasteiger partial charge in [-0.25, -0.2) is 13.4 Å². The Labute approximate surface area is 200 Å². The third-order valence-electron chi connectivity index (χ3n) is 6.49. The van der Waals surface area contributed by atoms with Crippen LogP contribution in [0.3, 0.4) is 0 Å². The van der Waals surface area contributed by atoms with Crippen molar-refractivity contribution in [2.75, 3.05) is 18.4 Å². The Morgan fingerprint density at radius 3 is 2.65 bits per heavy atom. The first-order valence-corrected chi connectivity index (χ1v) is 13.3. The predicted molar refractivity (Wildman–Crippen MR) is 130 cm³/mol. The third-order valence-corrected chi connectivity index (χ3v) is 8.31. The molecule has 1 saturated heterocycles. The van der Waals surface area contributed by atoms with Gasteiger partial charge in [0.25, 0.3) is 5.91 Å². The van der Waals surface area contributed by atoms with Crippen molar-refractivity contribution < 1.29 is 17.9 Å². The highest BCUT2D eigenvalue weighted by molar-refractivity contribution is 7.89. The first-order chi connectivity index (χ1) is 16.3. The number of rotatable bonds is 4. The van der Waals surface area contributed by atoms with E-state index >= 15 is 0 Å². The van der Waals surface area contributed by atoms with Crippen LogP contribution < -0.4 is 5.32 Å². The van der Waals surface area contributed by atoms with Gasteiger partial charge in [-0.05, 0) is 63.1 Å². The number of carbonyl (C=O) groups excluding carboxylic acids is 1.